The van der Waals surface area contributed by atoms with Gasteiger partial charge in [0.1, 0.15) is 5.82 Å². The van der Waals surface area contributed by atoms with Crippen molar-refractivity contribution in [3.8, 4) is 0 Å². The number of hydrogen-bond donors (Lipinski definition) is 3. The van der Waals surface area contributed by atoms with E-state index in [9.17, 15) is 0 Å². The van der Waals surface area contributed by atoms with Gasteiger partial charge < -0.3 is 11.1 Å². The number of hydrogen-bond acceptors (Lipinski definition) is 3. The van der Waals surface area contributed by atoms with Gasteiger partial charge in [0, 0.05) is 24.8 Å². The zero-order valence-corrected chi connectivity index (χ0v) is 6.02. The minimum absolute atomic E-state index is 0.631. The van der Waals surface area contributed by atoms with Crippen LogP contribution in [0.4, 0.5) is 5.82 Å². The van der Waals surface area contributed by atoms with Gasteiger partial charge in [-0.3, -0.25) is 5.10 Å². The molecule has 4 nitrogen and oxygen atoms in total. The van der Waals surface area contributed by atoms with Gasteiger partial charge in [0.25, 0.3) is 0 Å². The predicted octanol–water partition coefficient (Wildman–Crippen LogP) is 0.0887. The fourth-order valence-corrected chi connectivity index (χ4v) is 0.709. The van der Waals surface area contributed by atoms with Crippen LogP contribution in [0.15, 0.2) is 6.07 Å². The van der Waals surface area contributed by atoms with Crippen LogP contribution < -0.4 is 11.1 Å². The Morgan fingerprint density at radius 2 is 2.60 bits per heavy atom. The second-order valence-electron chi connectivity index (χ2n) is 2.15. The third-order valence-corrected chi connectivity index (χ3v) is 1.16. The minimum atomic E-state index is 0.631. The zero-order valence-electron chi connectivity index (χ0n) is 6.02. The van der Waals surface area contributed by atoms with Crippen LogP contribution in [0.5, 0.6) is 0 Å². The summed E-state index contributed by atoms with van der Waals surface area (Å²) in [5, 5.41) is 9.83. The molecule has 0 aliphatic heterocycles. The predicted molar refractivity (Wildman–Crippen MR) is 40.9 cm³/mol. The van der Waals surface area contributed by atoms with Crippen LogP contribution in [0.1, 0.15) is 5.69 Å². The Hall–Kier alpha value is -1.03. The molecule has 4 N–H and O–H groups in total. The lowest BCUT2D eigenvalue weighted by molar-refractivity contribution is 0.990. The van der Waals surface area contributed by atoms with Crippen molar-refractivity contribution in [3.05, 3.63) is 11.8 Å². The molecule has 0 saturated heterocycles. The van der Waals surface area contributed by atoms with Crippen molar-refractivity contribution < 1.29 is 0 Å². The van der Waals surface area contributed by atoms with Gasteiger partial charge in [-0.2, -0.15) is 5.10 Å². The average Bonchev–Trinajstić information content (AvgIpc) is 2.31. The number of H-pyrrole nitrogens is 1. The van der Waals surface area contributed by atoms with Crippen LogP contribution in [0.2, 0.25) is 0 Å². The van der Waals surface area contributed by atoms with Crippen molar-refractivity contribution >= 4 is 5.82 Å². The van der Waals surface area contributed by atoms with E-state index in [0.717, 1.165) is 18.1 Å². The molecule has 1 heterocycles. The first-order valence-electron chi connectivity index (χ1n) is 3.29. The van der Waals surface area contributed by atoms with E-state index in [4.69, 9.17) is 5.73 Å². The van der Waals surface area contributed by atoms with Crippen LogP contribution in [0.25, 0.3) is 0 Å². The van der Waals surface area contributed by atoms with Gasteiger partial charge >= 0.3 is 0 Å². The van der Waals surface area contributed by atoms with Gasteiger partial charge in [-0.05, 0) is 6.92 Å². The molecular weight excluding hydrogens is 128 g/mol. The molecule has 0 aliphatic carbocycles. The van der Waals surface area contributed by atoms with Crippen molar-refractivity contribution in [2.45, 2.75) is 6.92 Å². The maximum absolute atomic E-state index is 5.28. The standard InChI is InChI=1S/C6H12N4/c1-5-4-6(10-9-5)8-3-2-7/h4H,2-3,7H2,1H3,(H2,8,9,10). The molecule has 0 fully saturated rings. The van der Waals surface area contributed by atoms with Crippen LogP contribution in [-0.4, -0.2) is 23.3 Å². The molecule has 1 aromatic heterocycles. The normalized spacial score (nSPS) is 9.80. The maximum atomic E-state index is 5.28. The Balaban J connectivity index is 2.42. The molecular formula is C6H12N4. The second kappa shape index (κ2) is 3.22. The number of aromatic nitrogens is 2. The first-order chi connectivity index (χ1) is 4.83. The van der Waals surface area contributed by atoms with Crippen molar-refractivity contribution in [1.29, 1.82) is 0 Å². The fraction of sp³-hybridized carbons (Fsp3) is 0.500. The maximum Gasteiger partial charge on any atom is 0.148 e. The van der Waals surface area contributed by atoms with Gasteiger partial charge in [0.2, 0.25) is 0 Å². The molecule has 0 atom stereocenters. The number of rotatable bonds is 3. The molecule has 1 aromatic rings. The molecule has 10 heavy (non-hydrogen) atoms. The summed E-state index contributed by atoms with van der Waals surface area (Å²) in [4.78, 5) is 0. The molecule has 0 spiro atoms. The molecule has 4 heteroatoms. The fourth-order valence-electron chi connectivity index (χ4n) is 0.709. The monoisotopic (exact) mass is 140 g/mol. The summed E-state index contributed by atoms with van der Waals surface area (Å²) < 4.78 is 0. The number of anilines is 1. The number of aryl methyl sites for hydroxylation is 1. The topological polar surface area (TPSA) is 66.7 Å². The van der Waals surface area contributed by atoms with Gasteiger partial charge in [-0.15, -0.1) is 0 Å². The number of nitrogens with two attached hydrogens (primary N) is 1. The van der Waals surface area contributed by atoms with Crippen LogP contribution in [-0.2, 0) is 0 Å². The van der Waals surface area contributed by atoms with E-state index in [2.05, 4.69) is 15.5 Å². The molecule has 0 amide bonds. The van der Waals surface area contributed by atoms with E-state index in [1.165, 1.54) is 0 Å². The summed E-state index contributed by atoms with van der Waals surface area (Å²) in [5.41, 5.74) is 6.34. The third kappa shape index (κ3) is 1.73. The van der Waals surface area contributed by atoms with Crippen molar-refractivity contribution in [3.63, 3.8) is 0 Å². The lowest BCUT2D eigenvalue weighted by Crippen LogP contribution is -2.13. The molecule has 56 valence electrons. The lowest BCUT2D eigenvalue weighted by atomic mass is 10.5. The van der Waals surface area contributed by atoms with E-state index in [1.54, 1.807) is 0 Å². The highest BCUT2D eigenvalue weighted by Gasteiger charge is 1.92. The Kier molecular flexibility index (Phi) is 2.28. The van der Waals surface area contributed by atoms with Gasteiger partial charge in [-0.1, -0.05) is 0 Å². The number of nitrogens with zero attached hydrogens (tertiary/aromatic N) is 1. The zero-order chi connectivity index (χ0) is 7.40. The molecule has 0 saturated carbocycles. The third-order valence-electron chi connectivity index (χ3n) is 1.16. The van der Waals surface area contributed by atoms with Gasteiger partial charge in [-0.25, -0.2) is 0 Å². The van der Waals surface area contributed by atoms with Crippen LogP contribution in [0.3, 0.4) is 0 Å². The van der Waals surface area contributed by atoms with Crippen molar-refractivity contribution in [1.82, 2.24) is 10.2 Å². The summed E-state index contributed by atoms with van der Waals surface area (Å²) in [5.74, 6) is 0.864. The molecule has 0 aromatic carbocycles. The highest BCUT2D eigenvalue weighted by Crippen LogP contribution is 2.01. The van der Waals surface area contributed by atoms with Crippen LogP contribution >= 0.6 is 0 Å². The average molecular weight is 140 g/mol. The quantitative estimate of drug-likeness (QED) is 0.557. The number of nitrogens with one attached hydrogen (secondary N) is 2. The molecule has 1 rings (SSSR count). The Morgan fingerprint density at radius 1 is 1.80 bits per heavy atom. The smallest absolute Gasteiger partial charge is 0.148 e. The van der Waals surface area contributed by atoms with Crippen LogP contribution in [0, 0.1) is 6.92 Å². The molecule has 0 unspecified atom stereocenters. The van der Waals surface area contributed by atoms with Gasteiger partial charge in [0.05, 0.1) is 0 Å². The summed E-state index contributed by atoms with van der Waals surface area (Å²) in [7, 11) is 0. The van der Waals surface area contributed by atoms with E-state index >= 15 is 0 Å². The van der Waals surface area contributed by atoms with E-state index in [-0.39, 0.29) is 0 Å². The SMILES string of the molecule is Cc1cc(NCCN)n[nH]1. The second-order valence-corrected chi connectivity index (χ2v) is 2.15. The lowest BCUT2D eigenvalue weighted by Gasteiger charge is -1.96. The first kappa shape index (κ1) is 7.08. The van der Waals surface area contributed by atoms with E-state index < -0.39 is 0 Å². The molecule has 0 bridgehead atoms. The summed E-state index contributed by atoms with van der Waals surface area (Å²) in [6, 6.07) is 1.94. The first-order valence-corrected chi connectivity index (χ1v) is 3.29. The van der Waals surface area contributed by atoms with E-state index in [1.807, 2.05) is 13.0 Å². The summed E-state index contributed by atoms with van der Waals surface area (Å²) >= 11 is 0. The Bertz CT molecular complexity index is 193. The Labute approximate surface area is 59.8 Å². The molecule has 0 radical (unpaired) electrons. The largest absolute Gasteiger partial charge is 0.367 e. The summed E-state index contributed by atoms with van der Waals surface area (Å²) in [6.45, 7) is 3.36. The van der Waals surface area contributed by atoms with Gasteiger partial charge in [0.15, 0.2) is 0 Å². The van der Waals surface area contributed by atoms with E-state index in [0.29, 0.717) is 6.54 Å². The molecule has 0 aliphatic rings. The van der Waals surface area contributed by atoms with Crippen molar-refractivity contribution in [2.75, 3.05) is 18.4 Å². The van der Waals surface area contributed by atoms with Crippen molar-refractivity contribution in [2.24, 2.45) is 5.73 Å². The minimum Gasteiger partial charge on any atom is -0.367 e. The highest BCUT2D eigenvalue weighted by atomic mass is 15.2. The summed E-state index contributed by atoms with van der Waals surface area (Å²) in [6.07, 6.45) is 0. The Morgan fingerprint density at radius 3 is 3.10 bits per heavy atom. The highest BCUT2D eigenvalue weighted by molar-refractivity contribution is 5.34. The number of aromatic amines is 1.